The predicted octanol–water partition coefficient (Wildman–Crippen LogP) is 15.0. The quantitative estimate of drug-likeness (QED) is 0.165. The highest BCUT2D eigenvalue weighted by Gasteiger charge is 2.36. The zero-order valence-corrected chi connectivity index (χ0v) is 32.0. The second-order valence-corrected chi connectivity index (χ2v) is 15.7. The van der Waals surface area contributed by atoms with Gasteiger partial charge in [-0.25, -0.2) is 0 Å². The van der Waals surface area contributed by atoms with Crippen molar-refractivity contribution in [2.24, 2.45) is 0 Å². The van der Waals surface area contributed by atoms with Crippen LogP contribution < -0.4 is 4.90 Å². The van der Waals surface area contributed by atoms with E-state index in [1.54, 1.807) is 0 Å². The van der Waals surface area contributed by atoms with E-state index in [1.807, 2.05) is 0 Å². The maximum Gasteiger partial charge on any atom is 0.0541 e. The molecule has 2 heteroatoms. The van der Waals surface area contributed by atoms with Gasteiger partial charge in [0.05, 0.1) is 16.7 Å². The van der Waals surface area contributed by atoms with Crippen LogP contribution in [-0.4, -0.2) is 4.57 Å². The molecule has 0 saturated carbocycles. The summed E-state index contributed by atoms with van der Waals surface area (Å²) in [6.45, 7) is 4.72. The number of nitrogens with zero attached hydrogens (tertiary/aromatic N) is 2. The van der Waals surface area contributed by atoms with Crippen molar-refractivity contribution < 1.29 is 0 Å². The SMILES string of the molecule is CC1(C)c2ccccc2-c2ccc(N(c3ccc(-c4ccccc4)cc3)c3ccc(-c4ccc5c(c4)c4ccccc4n5-c4ccccc4)c4ccccc34)cc21. The molecule has 10 aromatic rings. The summed E-state index contributed by atoms with van der Waals surface area (Å²) < 4.78 is 2.38. The third-order valence-electron chi connectivity index (χ3n) is 12.2. The molecule has 0 saturated heterocycles. The van der Waals surface area contributed by atoms with Gasteiger partial charge in [-0.15, -0.1) is 0 Å². The van der Waals surface area contributed by atoms with Crippen LogP contribution in [0.4, 0.5) is 17.1 Å². The highest BCUT2D eigenvalue weighted by atomic mass is 15.1. The minimum atomic E-state index is -0.112. The molecule has 2 nitrogen and oxygen atoms in total. The summed E-state index contributed by atoms with van der Waals surface area (Å²) in [5.41, 5.74) is 17.1. The lowest BCUT2D eigenvalue weighted by molar-refractivity contribution is 0.660. The standard InChI is InChI=1S/C55H40N2/c1-55(2)50-23-13-11-20-45(50)46-31-30-42(36-51(46)55)56(41-28-25-38(26-29-41)37-15-5-3-6-16-37)53-34-32-43(44-19-9-10-21-47(44)53)39-27-33-54-49(35-39)48-22-12-14-24-52(48)57(54)40-17-7-4-8-18-40/h3-36H,1-2H3. The molecule has 0 amide bonds. The fraction of sp³-hybridized carbons (Fsp3) is 0.0545. The van der Waals surface area contributed by atoms with Crippen LogP contribution in [0.25, 0.3) is 71.6 Å². The van der Waals surface area contributed by atoms with Crippen molar-refractivity contribution in [1.29, 1.82) is 0 Å². The summed E-state index contributed by atoms with van der Waals surface area (Å²) in [4.78, 5) is 2.46. The lowest BCUT2D eigenvalue weighted by Crippen LogP contribution is -2.16. The zero-order valence-electron chi connectivity index (χ0n) is 32.0. The second kappa shape index (κ2) is 13.0. The maximum atomic E-state index is 2.46. The van der Waals surface area contributed by atoms with E-state index in [0.717, 1.165) is 17.1 Å². The van der Waals surface area contributed by atoms with Crippen LogP contribution in [0.2, 0.25) is 0 Å². The Morgan fingerprint density at radius 3 is 1.75 bits per heavy atom. The molecular weight excluding hydrogens is 689 g/mol. The normalized spacial score (nSPS) is 12.9. The molecule has 57 heavy (non-hydrogen) atoms. The topological polar surface area (TPSA) is 8.17 Å². The van der Waals surface area contributed by atoms with Crippen LogP contribution in [0.1, 0.15) is 25.0 Å². The van der Waals surface area contributed by atoms with Gasteiger partial charge in [0.2, 0.25) is 0 Å². The maximum absolute atomic E-state index is 2.46. The van der Waals surface area contributed by atoms with E-state index in [0.29, 0.717) is 0 Å². The number of benzene rings is 9. The van der Waals surface area contributed by atoms with Crippen LogP contribution >= 0.6 is 0 Å². The molecule has 11 rings (SSSR count). The molecule has 0 aliphatic heterocycles. The number of hydrogen-bond acceptors (Lipinski definition) is 1. The molecule has 0 N–H and O–H groups in total. The van der Waals surface area contributed by atoms with E-state index in [1.165, 1.54) is 82.8 Å². The van der Waals surface area contributed by atoms with Gasteiger partial charge in [-0.3, -0.25) is 0 Å². The van der Waals surface area contributed by atoms with E-state index in [-0.39, 0.29) is 5.41 Å². The number of hydrogen-bond donors (Lipinski definition) is 0. The minimum Gasteiger partial charge on any atom is -0.310 e. The summed E-state index contributed by atoms with van der Waals surface area (Å²) in [6.07, 6.45) is 0. The van der Waals surface area contributed by atoms with Crippen molar-refractivity contribution in [3.63, 3.8) is 0 Å². The molecule has 0 fully saturated rings. The Balaban J connectivity index is 1.09. The van der Waals surface area contributed by atoms with Crippen molar-refractivity contribution >= 4 is 49.6 Å². The van der Waals surface area contributed by atoms with Gasteiger partial charge in [0.25, 0.3) is 0 Å². The Hall–Kier alpha value is -7.16. The van der Waals surface area contributed by atoms with Gasteiger partial charge >= 0.3 is 0 Å². The molecule has 0 bridgehead atoms. The molecule has 270 valence electrons. The first-order chi connectivity index (χ1) is 28.0. The van der Waals surface area contributed by atoms with Crippen molar-refractivity contribution in [3.05, 3.63) is 217 Å². The Bertz CT molecular complexity index is 3130. The van der Waals surface area contributed by atoms with Gasteiger partial charge in [-0.2, -0.15) is 0 Å². The highest BCUT2D eigenvalue weighted by molar-refractivity contribution is 6.12. The Morgan fingerprint density at radius 1 is 0.368 bits per heavy atom. The van der Waals surface area contributed by atoms with E-state index in [9.17, 15) is 0 Å². The number of anilines is 3. The van der Waals surface area contributed by atoms with Crippen LogP contribution in [0.5, 0.6) is 0 Å². The van der Waals surface area contributed by atoms with Crippen LogP contribution in [0, 0.1) is 0 Å². The van der Waals surface area contributed by atoms with Gasteiger partial charge in [-0.1, -0.05) is 159 Å². The van der Waals surface area contributed by atoms with Crippen molar-refractivity contribution in [1.82, 2.24) is 4.57 Å². The van der Waals surface area contributed by atoms with E-state index >= 15 is 0 Å². The zero-order chi connectivity index (χ0) is 38.1. The molecule has 0 radical (unpaired) electrons. The van der Waals surface area contributed by atoms with Gasteiger partial charge in [0.15, 0.2) is 0 Å². The Kier molecular flexibility index (Phi) is 7.55. The Labute approximate surface area is 333 Å². The number of para-hydroxylation sites is 2. The summed E-state index contributed by atoms with van der Waals surface area (Å²) in [5.74, 6) is 0. The number of fused-ring (bicyclic) bond motifs is 7. The molecule has 9 aromatic carbocycles. The average molecular weight is 729 g/mol. The molecule has 1 aromatic heterocycles. The highest BCUT2D eigenvalue weighted by Crippen LogP contribution is 2.51. The van der Waals surface area contributed by atoms with Gasteiger partial charge in [-0.05, 0) is 111 Å². The first-order valence-electron chi connectivity index (χ1n) is 19.9. The molecule has 1 heterocycles. The third-order valence-corrected chi connectivity index (χ3v) is 12.2. The molecule has 0 unspecified atom stereocenters. The third kappa shape index (κ3) is 5.25. The van der Waals surface area contributed by atoms with Gasteiger partial charge < -0.3 is 9.47 Å². The summed E-state index contributed by atoms with van der Waals surface area (Å²) >= 11 is 0. The fourth-order valence-corrected chi connectivity index (χ4v) is 9.42. The summed E-state index contributed by atoms with van der Waals surface area (Å²) in [7, 11) is 0. The van der Waals surface area contributed by atoms with Crippen LogP contribution in [-0.2, 0) is 5.41 Å². The molecule has 1 aliphatic rings. The molecule has 0 spiro atoms. The van der Waals surface area contributed by atoms with Crippen molar-refractivity contribution in [3.8, 4) is 39.1 Å². The van der Waals surface area contributed by atoms with Crippen LogP contribution in [0.15, 0.2) is 206 Å². The predicted molar refractivity (Wildman–Crippen MR) is 241 cm³/mol. The second-order valence-electron chi connectivity index (χ2n) is 15.7. The largest absolute Gasteiger partial charge is 0.310 e. The molecular formula is C55H40N2. The van der Waals surface area contributed by atoms with E-state index in [2.05, 4.69) is 230 Å². The summed E-state index contributed by atoms with van der Waals surface area (Å²) in [6, 6.07) is 75.6. The van der Waals surface area contributed by atoms with Gasteiger partial charge in [0.1, 0.15) is 0 Å². The lowest BCUT2D eigenvalue weighted by Gasteiger charge is -2.29. The first kappa shape index (κ1) is 33.2. The van der Waals surface area contributed by atoms with Gasteiger partial charge in [0, 0.05) is 38.6 Å². The minimum absolute atomic E-state index is 0.112. The molecule has 0 atom stereocenters. The van der Waals surface area contributed by atoms with Crippen molar-refractivity contribution in [2.45, 2.75) is 19.3 Å². The number of aromatic nitrogens is 1. The van der Waals surface area contributed by atoms with Crippen LogP contribution in [0.3, 0.4) is 0 Å². The van der Waals surface area contributed by atoms with Crippen molar-refractivity contribution in [2.75, 3.05) is 4.90 Å². The first-order valence-corrected chi connectivity index (χ1v) is 19.9. The fourth-order valence-electron chi connectivity index (χ4n) is 9.42. The summed E-state index contributed by atoms with van der Waals surface area (Å²) in [5, 5.41) is 4.94. The number of rotatable bonds is 6. The van der Waals surface area contributed by atoms with E-state index < -0.39 is 0 Å². The average Bonchev–Trinajstić information content (AvgIpc) is 3.72. The molecule has 1 aliphatic carbocycles. The van der Waals surface area contributed by atoms with E-state index in [4.69, 9.17) is 0 Å². The Morgan fingerprint density at radius 2 is 0.947 bits per heavy atom. The monoisotopic (exact) mass is 728 g/mol. The lowest BCUT2D eigenvalue weighted by atomic mass is 9.82. The smallest absolute Gasteiger partial charge is 0.0541 e.